The lowest BCUT2D eigenvalue weighted by molar-refractivity contribution is 0.0227. The molecule has 6 nitrogen and oxygen atoms in total. The highest BCUT2D eigenvalue weighted by atomic mass is 16.5. The molecule has 0 saturated carbocycles. The minimum atomic E-state index is 0.00776. The van der Waals surface area contributed by atoms with E-state index in [0.717, 1.165) is 47.8 Å². The molecule has 1 aromatic carbocycles. The molecule has 0 bridgehead atoms. The number of aromatic nitrogens is 4. The Bertz CT molecular complexity index is 726. The quantitative estimate of drug-likeness (QED) is 0.660. The molecule has 4 rings (SSSR count). The van der Waals surface area contributed by atoms with Gasteiger partial charge in [-0.2, -0.15) is 0 Å². The Kier molecular flexibility index (Phi) is 2.75. The second kappa shape index (κ2) is 4.73. The van der Waals surface area contributed by atoms with Crippen LogP contribution in [0.3, 0.4) is 0 Å². The molecule has 1 unspecified atom stereocenters. The van der Waals surface area contributed by atoms with Gasteiger partial charge in [0, 0.05) is 18.7 Å². The van der Waals surface area contributed by atoms with Crippen LogP contribution < -0.4 is 5.32 Å². The minimum absolute atomic E-state index is 0.00776. The van der Waals surface area contributed by atoms with Gasteiger partial charge < -0.3 is 20.0 Å². The van der Waals surface area contributed by atoms with E-state index in [9.17, 15) is 0 Å². The number of nitrogens with one attached hydrogen (secondary N) is 3. The van der Waals surface area contributed by atoms with Gasteiger partial charge in [-0.1, -0.05) is 6.07 Å². The Hall–Kier alpha value is -2.18. The number of benzene rings is 1. The van der Waals surface area contributed by atoms with E-state index in [-0.39, 0.29) is 6.10 Å². The van der Waals surface area contributed by atoms with Crippen LogP contribution in [0.4, 0.5) is 0 Å². The van der Waals surface area contributed by atoms with Gasteiger partial charge in [-0.3, -0.25) is 0 Å². The summed E-state index contributed by atoms with van der Waals surface area (Å²) in [6.45, 7) is 2.42. The summed E-state index contributed by atoms with van der Waals surface area (Å²) in [4.78, 5) is 15.1. The molecule has 1 aliphatic heterocycles. The smallest absolute Gasteiger partial charge is 0.137 e. The Morgan fingerprint density at radius 2 is 2.25 bits per heavy atom. The first kappa shape index (κ1) is 11.6. The summed E-state index contributed by atoms with van der Waals surface area (Å²) in [6.07, 6.45) is 3.56. The molecule has 1 saturated heterocycles. The Morgan fingerprint density at radius 3 is 3.15 bits per heavy atom. The number of H-pyrrole nitrogens is 2. The van der Waals surface area contributed by atoms with Crippen LogP contribution in [-0.4, -0.2) is 39.6 Å². The summed E-state index contributed by atoms with van der Waals surface area (Å²) in [7, 11) is 0. The average Bonchev–Trinajstić information content (AvgIpc) is 3.16. The molecular weight excluding hydrogens is 254 g/mol. The zero-order valence-electron chi connectivity index (χ0n) is 10.9. The normalized spacial score (nSPS) is 19.5. The topological polar surface area (TPSA) is 78.6 Å². The SMILES string of the molecule is c1nc2ccc(-c3cnc(C4CNCCO4)[nH]3)cc2[nH]1. The second-order valence-electron chi connectivity index (χ2n) is 4.88. The molecule has 102 valence electrons. The first-order valence-corrected chi connectivity index (χ1v) is 6.71. The molecule has 0 radical (unpaired) electrons. The highest BCUT2D eigenvalue weighted by Gasteiger charge is 2.18. The van der Waals surface area contributed by atoms with Gasteiger partial charge in [0.25, 0.3) is 0 Å². The van der Waals surface area contributed by atoms with Gasteiger partial charge in [-0.25, -0.2) is 9.97 Å². The number of fused-ring (bicyclic) bond motifs is 1. The van der Waals surface area contributed by atoms with Gasteiger partial charge in [-0.15, -0.1) is 0 Å². The first-order valence-electron chi connectivity index (χ1n) is 6.71. The molecule has 3 heterocycles. The van der Waals surface area contributed by atoms with Gasteiger partial charge in [0.1, 0.15) is 11.9 Å². The lowest BCUT2D eigenvalue weighted by atomic mass is 10.1. The van der Waals surface area contributed by atoms with Gasteiger partial charge in [-0.05, 0) is 12.1 Å². The van der Waals surface area contributed by atoms with Gasteiger partial charge >= 0.3 is 0 Å². The number of morpholine rings is 1. The van der Waals surface area contributed by atoms with Crippen LogP contribution in [-0.2, 0) is 4.74 Å². The van der Waals surface area contributed by atoms with Crippen LogP contribution in [0.1, 0.15) is 11.9 Å². The monoisotopic (exact) mass is 269 g/mol. The standard InChI is InChI=1S/C14H15N5O/c1-2-10-11(18-8-17-10)5-9(1)12-6-16-14(19-12)13-7-15-3-4-20-13/h1-2,5-6,8,13,15H,3-4,7H2,(H,16,19)(H,17,18). The van der Waals surface area contributed by atoms with Gasteiger partial charge in [0.2, 0.25) is 0 Å². The van der Waals surface area contributed by atoms with E-state index in [4.69, 9.17) is 4.74 Å². The molecule has 3 aromatic rings. The van der Waals surface area contributed by atoms with Crippen molar-refractivity contribution in [3.05, 3.63) is 36.5 Å². The number of nitrogens with zero attached hydrogens (tertiary/aromatic N) is 2. The zero-order chi connectivity index (χ0) is 13.4. The van der Waals surface area contributed by atoms with Crippen LogP contribution in [0, 0.1) is 0 Å². The molecule has 2 aromatic heterocycles. The molecule has 1 fully saturated rings. The fourth-order valence-electron chi connectivity index (χ4n) is 2.49. The van der Waals surface area contributed by atoms with Crippen molar-refractivity contribution >= 4 is 11.0 Å². The van der Waals surface area contributed by atoms with Gasteiger partial charge in [0.05, 0.1) is 35.9 Å². The molecular formula is C14H15N5O. The molecule has 6 heteroatoms. The highest BCUT2D eigenvalue weighted by molar-refractivity contribution is 5.80. The molecule has 1 aliphatic rings. The summed E-state index contributed by atoms with van der Waals surface area (Å²) in [5.74, 6) is 0.872. The summed E-state index contributed by atoms with van der Waals surface area (Å²) < 4.78 is 5.70. The van der Waals surface area contributed by atoms with Crippen molar-refractivity contribution in [2.24, 2.45) is 0 Å². The van der Waals surface area contributed by atoms with E-state index in [2.05, 4.69) is 31.3 Å². The number of aromatic amines is 2. The fraction of sp³-hybridized carbons (Fsp3) is 0.286. The largest absolute Gasteiger partial charge is 0.368 e. The second-order valence-corrected chi connectivity index (χ2v) is 4.88. The van der Waals surface area contributed by atoms with Crippen molar-refractivity contribution < 1.29 is 4.74 Å². The summed E-state index contributed by atoms with van der Waals surface area (Å²) in [5, 5.41) is 3.30. The molecule has 1 atom stereocenters. The van der Waals surface area contributed by atoms with E-state index in [1.807, 2.05) is 18.3 Å². The lowest BCUT2D eigenvalue weighted by Crippen LogP contribution is -2.33. The van der Waals surface area contributed by atoms with E-state index in [0.29, 0.717) is 0 Å². The van der Waals surface area contributed by atoms with Crippen LogP contribution >= 0.6 is 0 Å². The maximum Gasteiger partial charge on any atom is 0.137 e. The van der Waals surface area contributed by atoms with Crippen molar-refractivity contribution in [1.82, 2.24) is 25.3 Å². The van der Waals surface area contributed by atoms with Crippen molar-refractivity contribution in [2.45, 2.75) is 6.10 Å². The summed E-state index contributed by atoms with van der Waals surface area (Å²) in [5.41, 5.74) is 4.07. The van der Waals surface area contributed by atoms with E-state index in [1.54, 1.807) is 6.33 Å². The third kappa shape index (κ3) is 1.99. The van der Waals surface area contributed by atoms with E-state index in [1.165, 1.54) is 0 Å². The van der Waals surface area contributed by atoms with Crippen LogP contribution in [0.2, 0.25) is 0 Å². The Morgan fingerprint density at radius 1 is 1.25 bits per heavy atom. The minimum Gasteiger partial charge on any atom is -0.368 e. The number of rotatable bonds is 2. The number of imidazole rings is 2. The molecule has 0 aliphatic carbocycles. The molecule has 3 N–H and O–H groups in total. The lowest BCUT2D eigenvalue weighted by Gasteiger charge is -2.21. The predicted octanol–water partition coefficient (Wildman–Crippen LogP) is 1.61. The van der Waals surface area contributed by atoms with Crippen LogP contribution in [0.25, 0.3) is 22.3 Å². The average molecular weight is 269 g/mol. The third-order valence-corrected chi connectivity index (χ3v) is 3.56. The van der Waals surface area contributed by atoms with Crippen molar-refractivity contribution in [3.8, 4) is 11.3 Å². The first-order chi connectivity index (χ1) is 9.90. The molecule has 0 amide bonds. The number of ether oxygens (including phenoxy) is 1. The molecule has 20 heavy (non-hydrogen) atoms. The maximum atomic E-state index is 5.70. The third-order valence-electron chi connectivity index (χ3n) is 3.56. The zero-order valence-corrected chi connectivity index (χ0v) is 10.9. The van der Waals surface area contributed by atoms with Crippen molar-refractivity contribution in [2.75, 3.05) is 19.7 Å². The fourth-order valence-corrected chi connectivity index (χ4v) is 2.49. The van der Waals surface area contributed by atoms with Crippen molar-refractivity contribution in [3.63, 3.8) is 0 Å². The summed E-state index contributed by atoms with van der Waals surface area (Å²) >= 11 is 0. The summed E-state index contributed by atoms with van der Waals surface area (Å²) in [6, 6.07) is 6.11. The Balaban J connectivity index is 1.66. The van der Waals surface area contributed by atoms with Crippen molar-refractivity contribution in [1.29, 1.82) is 0 Å². The number of hydrogen-bond donors (Lipinski definition) is 3. The van der Waals surface area contributed by atoms with Crippen LogP contribution in [0.15, 0.2) is 30.7 Å². The predicted molar refractivity (Wildman–Crippen MR) is 75.2 cm³/mol. The number of hydrogen-bond acceptors (Lipinski definition) is 4. The van der Waals surface area contributed by atoms with E-state index >= 15 is 0 Å². The van der Waals surface area contributed by atoms with E-state index < -0.39 is 0 Å². The molecule has 0 spiro atoms. The maximum absolute atomic E-state index is 5.70. The van der Waals surface area contributed by atoms with Crippen LogP contribution in [0.5, 0.6) is 0 Å². The van der Waals surface area contributed by atoms with Gasteiger partial charge in [0.15, 0.2) is 0 Å². The highest BCUT2D eigenvalue weighted by Crippen LogP contribution is 2.23. The Labute approximate surface area is 115 Å².